The lowest BCUT2D eigenvalue weighted by molar-refractivity contribution is 1.37. The van der Waals surface area contributed by atoms with E-state index in [9.17, 15) is 0 Å². The van der Waals surface area contributed by atoms with E-state index in [4.69, 9.17) is 11.1 Å². The van der Waals surface area contributed by atoms with E-state index in [1.54, 1.807) is 0 Å². The monoisotopic (exact) mass is 259 g/mol. The summed E-state index contributed by atoms with van der Waals surface area (Å²) in [4.78, 5) is 0. The Balaban J connectivity index is 2.20. The van der Waals surface area contributed by atoms with E-state index >= 15 is 0 Å². The van der Waals surface area contributed by atoms with Crippen molar-refractivity contribution in [2.75, 3.05) is 0 Å². The van der Waals surface area contributed by atoms with Crippen molar-refractivity contribution < 1.29 is 0 Å². The van der Waals surface area contributed by atoms with Gasteiger partial charge in [0.05, 0.1) is 0 Å². The first-order valence-corrected chi connectivity index (χ1v) is 8.51. The molecule has 0 aliphatic rings. The average Bonchev–Trinajstić information content (AvgIpc) is 2.33. The van der Waals surface area contributed by atoms with E-state index in [1.165, 1.54) is 21.9 Å². The normalized spacial score (nSPS) is 10.8. The third kappa shape index (κ3) is 3.21. The molecule has 0 spiro atoms. The summed E-state index contributed by atoms with van der Waals surface area (Å²) >= 11 is 6.62. The van der Waals surface area contributed by atoms with Crippen molar-refractivity contribution in [3.8, 4) is 0 Å². The average molecular weight is 260 g/mol. The van der Waals surface area contributed by atoms with Gasteiger partial charge in [0, 0.05) is 0 Å². The summed E-state index contributed by atoms with van der Waals surface area (Å²) in [7, 11) is -1.000. The maximum absolute atomic E-state index is 6.62. The van der Waals surface area contributed by atoms with Crippen molar-refractivity contribution in [1.82, 2.24) is 0 Å². The Morgan fingerprint density at radius 3 is 2.41 bits per heavy atom. The molecule has 0 unspecified atom stereocenters. The van der Waals surface area contributed by atoms with E-state index < -0.39 is 8.11 Å². The van der Waals surface area contributed by atoms with Gasteiger partial charge in [-0.25, -0.2) is 0 Å². The van der Waals surface area contributed by atoms with Gasteiger partial charge in [-0.15, -0.1) is 0 Å². The van der Waals surface area contributed by atoms with Gasteiger partial charge in [0.25, 0.3) is 0 Å². The first-order valence-electron chi connectivity index (χ1n) is 5.79. The molecular formula is C15H16ClSi. The Morgan fingerprint density at radius 2 is 1.71 bits per heavy atom. The highest BCUT2D eigenvalue weighted by Crippen LogP contribution is 2.09. The molecule has 1 radical (unpaired) electrons. The van der Waals surface area contributed by atoms with E-state index in [0.29, 0.717) is 0 Å². The van der Waals surface area contributed by atoms with Crippen molar-refractivity contribution in [1.29, 1.82) is 0 Å². The summed E-state index contributed by atoms with van der Waals surface area (Å²) in [5, 5.41) is 1.35. The van der Waals surface area contributed by atoms with Gasteiger partial charge < -0.3 is 0 Å². The summed E-state index contributed by atoms with van der Waals surface area (Å²) in [6.45, 7) is 4.27. The highest BCUT2D eigenvalue weighted by atomic mass is 35.6. The molecule has 0 aromatic heterocycles. The number of benzene rings is 2. The third-order valence-corrected chi connectivity index (χ3v) is 5.74. The molecule has 0 N–H and O–H groups in total. The van der Waals surface area contributed by atoms with Crippen LogP contribution in [0.3, 0.4) is 0 Å². The Bertz CT molecular complexity index is 494. The predicted molar refractivity (Wildman–Crippen MR) is 77.3 cm³/mol. The smallest absolute Gasteiger partial charge is 0.162 e. The summed E-state index contributed by atoms with van der Waals surface area (Å²) < 4.78 is 0. The van der Waals surface area contributed by atoms with Crippen LogP contribution in [0.2, 0.25) is 0 Å². The van der Waals surface area contributed by atoms with E-state index in [0.717, 1.165) is 6.04 Å². The van der Waals surface area contributed by atoms with Crippen LogP contribution >= 0.6 is 11.1 Å². The molecule has 2 heteroatoms. The quantitative estimate of drug-likeness (QED) is 0.585. The van der Waals surface area contributed by atoms with Gasteiger partial charge in [-0.05, 0) is 30.6 Å². The van der Waals surface area contributed by atoms with Crippen LogP contribution in [0.15, 0.2) is 48.5 Å². The molecule has 2 aromatic carbocycles. The van der Waals surface area contributed by atoms with Gasteiger partial charge in [-0.1, -0.05) is 59.7 Å². The van der Waals surface area contributed by atoms with Gasteiger partial charge in [0.1, 0.15) is 0 Å². The summed E-state index contributed by atoms with van der Waals surface area (Å²) in [6.07, 6.45) is 0. The van der Waals surface area contributed by atoms with E-state index in [-0.39, 0.29) is 0 Å². The van der Waals surface area contributed by atoms with Crippen LogP contribution in [-0.4, -0.2) is 8.11 Å². The third-order valence-electron chi connectivity index (χ3n) is 2.89. The van der Waals surface area contributed by atoms with Gasteiger partial charge in [-0.3, -0.25) is 0 Å². The lowest BCUT2D eigenvalue weighted by Gasteiger charge is -2.11. The van der Waals surface area contributed by atoms with Crippen molar-refractivity contribution in [2.24, 2.45) is 0 Å². The van der Waals surface area contributed by atoms with Crippen molar-refractivity contribution in [3.05, 3.63) is 65.2 Å². The van der Waals surface area contributed by atoms with Gasteiger partial charge in [0.2, 0.25) is 8.11 Å². The fourth-order valence-electron chi connectivity index (χ4n) is 1.90. The van der Waals surface area contributed by atoms with Crippen molar-refractivity contribution >= 4 is 24.4 Å². The highest BCUT2D eigenvalue weighted by molar-refractivity contribution is 7.14. The fraction of sp³-hybridized carbons (Fsp3) is 0.200. The molecule has 0 aliphatic carbocycles. The molecule has 17 heavy (non-hydrogen) atoms. The van der Waals surface area contributed by atoms with Gasteiger partial charge in [-0.2, -0.15) is 11.1 Å². The number of hydrogen-bond acceptors (Lipinski definition) is 0. The summed E-state index contributed by atoms with van der Waals surface area (Å²) in [5.41, 5.74) is 3.94. The Morgan fingerprint density at radius 1 is 1.00 bits per heavy atom. The Hall–Kier alpha value is -1.05. The first kappa shape index (κ1) is 12.4. The maximum Gasteiger partial charge on any atom is 0.204 e. The zero-order valence-electron chi connectivity index (χ0n) is 10.2. The largest absolute Gasteiger partial charge is 0.204 e. The summed E-state index contributed by atoms with van der Waals surface area (Å²) in [5.74, 6) is 0. The van der Waals surface area contributed by atoms with Crippen LogP contribution < -0.4 is 5.19 Å². The Labute approximate surface area is 110 Å². The minimum atomic E-state index is -1.000. The van der Waals surface area contributed by atoms with Crippen LogP contribution in [0.25, 0.3) is 0 Å². The molecule has 87 valence electrons. The SMILES string of the molecule is Cc1ccc(C)c([Si](Cl)Cc2ccccc2)c1. The van der Waals surface area contributed by atoms with Crippen LogP contribution in [0.4, 0.5) is 0 Å². The van der Waals surface area contributed by atoms with Crippen molar-refractivity contribution in [2.45, 2.75) is 19.9 Å². The number of rotatable bonds is 3. The van der Waals surface area contributed by atoms with Crippen LogP contribution in [0.5, 0.6) is 0 Å². The zero-order valence-corrected chi connectivity index (χ0v) is 12.0. The molecule has 0 bridgehead atoms. The lowest BCUT2D eigenvalue weighted by Crippen LogP contribution is -2.29. The molecule has 0 saturated heterocycles. The maximum atomic E-state index is 6.62. The zero-order chi connectivity index (χ0) is 12.3. The predicted octanol–water partition coefficient (Wildman–Crippen LogP) is 3.52. The fourth-order valence-corrected chi connectivity index (χ4v) is 4.65. The molecule has 2 aromatic rings. The van der Waals surface area contributed by atoms with Crippen LogP contribution in [-0.2, 0) is 6.04 Å². The minimum Gasteiger partial charge on any atom is -0.162 e. The molecule has 0 amide bonds. The summed E-state index contributed by atoms with van der Waals surface area (Å²) in [6, 6.07) is 18.0. The molecule has 0 nitrogen and oxygen atoms in total. The highest BCUT2D eigenvalue weighted by Gasteiger charge is 2.14. The molecule has 0 atom stereocenters. The van der Waals surface area contributed by atoms with Crippen LogP contribution in [0, 0.1) is 13.8 Å². The second-order valence-corrected chi connectivity index (χ2v) is 7.46. The van der Waals surface area contributed by atoms with E-state index in [2.05, 4.69) is 56.3 Å². The molecule has 0 aliphatic heterocycles. The minimum absolute atomic E-state index is 0.983. The van der Waals surface area contributed by atoms with Crippen molar-refractivity contribution in [3.63, 3.8) is 0 Å². The molecule has 0 heterocycles. The second-order valence-electron chi connectivity index (χ2n) is 4.39. The number of hydrogen-bond donors (Lipinski definition) is 0. The van der Waals surface area contributed by atoms with Gasteiger partial charge in [0.15, 0.2) is 0 Å². The molecule has 2 rings (SSSR count). The Kier molecular flexibility index (Phi) is 4.03. The topological polar surface area (TPSA) is 0 Å². The number of aryl methyl sites for hydroxylation is 2. The second kappa shape index (κ2) is 5.52. The lowest BCUT2D eigenvalue weighted by atomic mass is 10.2. The number of halogens is 1. The molecular weight excluding hydrogens is 244 g/mol. The molecule has 0 saturated carbocycles. The standard InChI is InChI=1S/C15H16ClSi/c1-12-8-9-13(2)15(10-12)17(16)11-14-6-4-3-5-7-14/h3-10H,11H2,1-2H3. The first-order chi connectivity index (χ1) is 8.16. The molecule has 0 fully saturated rings. The van der Waals surface area contributed by atoms with Crippen LogP contribution in [0.1, 0.15) is 16.7 Å². The van der Waals surface area contributed by atoms with Gasteiger partial charge >= 0.3 is 0 Å². The van der Waals surface area contributed by atoms with E-state index in [1.807, 2.05) is 6.07 Å².